The minimum absolute atomic E-state index is 0.130. The molecule has 60 valence electrons. The molecule has 0 nitrogen and oxygen atoms in total. The molecule has 0 fully saturated rings. The van der Waals surface area contributed by atoms with Gasteiger partial charge in [-0.1, -0.05) is 29.1 Å². The standard InChI is InChI=1S/C9H13PS/c1-8-4-6-9(7-5-8)11-10(2)3/h4-7H,1-3H3. The highest BCUT2D eigenvalue weighted by atomic mass is 32.7. The molecule has 11 heavy (non-hydrogen) atoms. The van der Waals surface area contributed by atoms with Crippen molar-refractivity contribution in [1.82, 2.24) is 0 Å². The van der Waals surface area contributed by atoms with E-state index in [9.17, 15) is 0 Å². The summed E-state index contributed by atoms with van der Waals surface area (Å²) in [6, 6.07) is 8.73. The maximum atomic E-state index is 2.28. The maximum absolute atomic E-state index is 2.28. The summed E-state index contributed by atoms with van der Waals surface area (Å²) in [5.41, 5.74) is 1.34. The van der Waals surface area contributed by atoms with E-state index in [1.165, 1.54) is 10.5 Å². The molecule has 0 unspecified atom stereocenters. The Balaban J connectivity index is 2.66. The Morgan fingerprint density at radius 3 is 2.09 bits per heavy atom. The molecule has 1 aromatic rings. The quantitative estimate of drug-likeness (QED) is 0.631. The van der Waals surface area contributed by atoms with Gasteiger partial charge in [0.2, 0.25) is 0 Å². The number of benzene rings is 1. The van der Waals surface area contributed by atoms with Crippen molar-refractivity contribution in [1.29, 1.82) is 0 Å². The SMILES string of the molecule is Cc1ccc(SP(C)C)cc1. The first-order valence-electron chi connectivity index (χ1n) is 3.60. The van der Waals surface area contributed by atoms with Crippen LogP contribution in [-0.2, 0) is 0 Å². The van der Waals surface area contributed by atoms with Gasteiger partial charge in [0.05, 0.1) is 0 Å². The molecule has 0 heterocycles. The van der Waals surface area contributed by atoms with Crippen LogP contribution in [0.4, 0.5) is 0 Å². The van der Waals surface area contributed by atoms with Crippen LogP contribution < -0.4 is 0 Å². The lowest BCUT2D eigenvalue weighted by Crippen LogP contribution is -1.71. The number of aryl methyl sites for hydroxylation is 1. The molecule has 0 spiro atoms. The van der Waals surface area contributed by atoms with Crippen LogP contribution in [0.1, 0.15) is 5.56 Å². The highest BCUT2D eigenvalue weighted by molar-refractivity contribution is 8.55. The van der Waals surface area contributed by atoms with Crippen LogP contribution in [0.2, 0.25) is 0 Å². The van der Waals surface area contributed by atoms with Gasteiger partial charge in [-0.05, 0) is 39.5 Å². The second-order valence-corrected chi connectivity index (χ2v) is 7.73. The Morgan fingerprint density at radius 2 is 1.64 bits per heavy atom. The van der Waals surface area contributed by atoms with Crippen molar-refractivity contribution in [2.45, 2.75) is 11.8 Å². The van der Waals surface area contributed by atoms with E-state index in [4.69, 9.17) is 0 Å². The molecule has 0 aliphatic carbocycles. The lowest BCUT2D eigenvalue weighted by molar-refractivity contribution is 1.38. The van der Waals surface area contributed by atoms with Gasteiger partial charge in [0.1, 0.15) is 0 Å². The van der Waals surface area contributed by atoms with Crippen molar-refractivity contribution < 1.29 is 0 Å². The van der Waals surface area contributed by atoms with Crippen LogP contribution in [0.15, 0.2) is 29.2 Å². The van der Waals surface area contributed by atoms with E-state index < -0.39 is 0 Å². The Hall–Kier alpha value is -0.0000000000000000555. The monoisotopic (exact) mass is 184 g/mol. The smallest absolute Gasteiger partial charge is 0.0116 e. The van der Waals surface area contributed by atoms with E-state index in [1.54, 1.807) is 0 Å². The predicted molar refractivity (Wildman–Crippen MR) is 55.8 cm³/mol. The van der Waals surface area contributed by atoms with Crippen molar-refractivity contribution in [3.8, 4) is 0 Å². The molecule has 0 aliphatic heterocycles. The lowest BCUT2D eigenvalue weighted by Gasteiger charge is -2.04. The van der Waals surface area contributed by atoms with E-state index in [0.29, 0.717) is 0 Å². The molecule has 0 saturated heterocycles. The zero-order valence-electron chi connectivity index (χ0n) is 7.16. The van der Waals surface area contributed by atoms with E-state index in [2.05, 4.69) is 44.5 Å². The summed E-state index contributed by atoms with van der Waals surface area (Å²) >= 11 is 1.97. The summed E-state index contributed by atoms with van der Waals surface area (Å²) in [7, 11) is 0.130. The van der Waals surface area contributed by atoms with Crippen LogP contribution in [-0.4, -0.2) is 13.3 Å². The van der Waals surface area contributed by atoms with E-state index in [-0.39, 0.29) is 7.12 Å². The summed E-state index contributed by atoms with van der Waals surface area (Å²) in [5.74, 6) is 0. The fourth-order valence-corrected chi connectivity index (χ4v) is 3.12. The largest absolute Gasteiger partial charge is 0.0992 e. The van der Waals surface area contributed by atoms with Gasteiger partial charge in [0, 0.05) is 4.90 Å². The molecular formula is C9H13PS. The third-order valence-corrected chi connectivity index (χ3v) is 3.88. The van der Waals surface area contributed by atoms with Gasteiger partial charge in [-0.2, -0.15) is 0 Å². The van der Waals surface area contributed by atoms with Crippen LogP contribution in [0, 0.1) is 6.92 Å². The average molecular weight is 184 g/mol. The first-order chi connectivity index (χ1) is 5.18. The Labute approximate surface area is 73.9 Å². The average Bonchev–Trinajstić information content (AvgIpc) is 1.93. The third-order valence-electron chi connectivity index (χ3n) is 1.31. The van der Waals surface area contributed by atoms with Gasteiger partial charge < -0.3 is 0 Å². The minimum Gasteiger partial charge on any atom is -0.0992 e. The number of hydrogen-bond acceptors (Lipinski definition) is 1. The van der Waals surface area contributed by atoms with Crippen LogP contribution in [0.5, 0.6) is 0 Å². The molecule has 0 radical (unpaired) electrons. The topological polar surface area (TPSA) is 0 Å². The molecule has 2 heteroatoms. The second-order valence-electron chi connectivity index (χ2n) is 2.72. The Bertz CT molecular complexity index is 216. The normalized spacial score (nSPS) is 10.5. The molecule has 0 bridgehead atoms. The van der Waals surface area contributed by atoms with Gasteiger partial charge >= 0.3 is 0 Å². The molecule has 0 aromatic heterocycles. The molecule has 1 rings (SSSR count). The fourth-order valence-electron chi connectivity index (χ4n) is 0.810. The number of hydrogen-bond donors (Lipinski definition) is 0. The summed E-state index contributed by atoms with van der Waals surface area (Å²) in [6.07, 6.45) is 0. The Kier molecular flexibility index (Phi) is 3.42. The lowest BCUT2D eigenvalue weighted by atomic mass is 10.2. The van der Waals surface area contributed by atoms with E-state index >= 15 is 0 Å². The van der Waals surface area contributed by atoms with Gasteiger partial charge in [-0.15, -0.1) is 0 Å². The van der Waals surface area contributed by atoms with Crippen molar-refractivity contribution in [3.63, 3.8) is 0 Å². The summed E-state index contributed by atoms with van der Waals surface area (Å²) < 4.78 is 0. The third kappa shape index (κ3) is 3.27. The molecular weight excluding hydrogens is 171 g/mol. The second kappa shape index (κ2) is 4.13. The predicted octanol–water partition coefficient (Wildman–Crippen LogP) is 3.74. The first kappa shape index (κ1) is 9.09. The van der Waals surface area contributed by atoms with Crippen LogP contribution in [0.3, 0.4) is 0 Å². The molecule has 1 aromatic carbocycles. The zero-order chi connectivity index (χ0) is 8.27. The molecule has 0 aliphatic rings. The fraction of sp³-hybridized carbons (Fsp3) is 0.333. The molecule has 0 N–H and O–H groups in total. The minimum atomic E-state index is 0.130. The van der Waals surface area contributed by atoms with E-state index in [0.717, 1.165) is 0 Å². The summed E-state index contributed by atoms with van der Waals surface area (Å²) in [4.78, 5) is 1.40. The van der Waals surface area contributed by atoms with Crippen LogP contribution in [0.25, 0.3) is 0 Å². The van der Waals surface area contributed by atoms with Gasteiger partial charge in [-0.25, -0.2) is 0 Å². The zero-order valence-corrected chi connectivity index (χ0v) is 8.88. The van der Waals surface area contributed by atoms with E-state index in [1.807, 2.05) is 11.4 Å². The van der Waals surface area contributed by atoms with Crippen molar-refractivity contribution in [2.75, 3.05) is 13.3 Å². The van der Waals surface area contributed by atoms with Crippen molar-refractivity contribution >= 4 is 18.5 Å². The summed E-state index contributed by atoms with van der Waals surface area (Å²) in [6.45, 7) is 6.68. The van der Waals surface area contributed by atoms with Crippen molar-refractivity contribution in [2.24, 2.45) is 0 Å². The van der Waals surface area contributed by atoms with Crippen LogP contribution >= 0.6 is 18.5 Å². The van der Waals surface area contributed by atoms with Crippen molar-refractivity contribution in [3.05, 3.63) is 29.8 Å². The maximum Gasteiger partial charge on any atom is 0.0116 e. The highest BCUT2D eigenvalue weighted by Crippen LogP contribution is 2.47. The first-order valence-corrected chi connectivity index (χ1v) is 7.26. The highest BCUT2D eigenvalue weighted by Gasteiger charge is 1.95. The van der Waals surface area contributed by atoms with Gasteiger partial charge in [-0.3, -0.25) is 0 Å². The molecule has 0 atom stereocenters. The van der Waals surface area contributed by atoms with Gasteiger partial charge in [0.25, 0.3) is 0 Å². The summed E-state index contributed by atoms with van der Waals surface area (Å²) in [5, 5.41) is 0. The molecule has 0 saturated carbocycles. The molecule has 0 amide bonds. The van der Waals surface area contributed by atoms with Gasteiger partial charge in [0.15, 0.2) is 0 Å². The number of rotatable bonds is 2. The Morgan fingerprint density at radius 1 is 1.09 bits per heavy atom.